The highest BCUT2D eigenvalue weighted by molar-refractivity contribution is 9.10. The van der Waals surface area contributed by atoms with Gasteiger partial charge in [-0.3, -0.25) is 4.39 Å². The Morgan fingerprint density at radius 3 is 2.71 bits per heavy atom. The molecule has 0 aromatic heterocycles. The number of benzene rings is 1. The highest BCUT2D eigenvalue weighted by atomic mass is 79.9. The lowest BCUT2D eigenvalue weighted by Crippen LogP contribution is -2.12. The molecule has 4 heteroatoms. The molecule has 14 heavy (non-hydrogen) atoms. The molecule has 0 spiro atoms. The summed E-state index contributed by atoms with van der Waals surface area (Å²) in [6.45, 7) is 1.62. The van der Waals surface area contributed by atoms with E-state index in [4.69, 9.17) is 5.73 Å². The van der Waals surface area contributed by atoms with Crippen LogP contribution >= 0.6 is 28.3 Å². The van der Waals surface area contributed by atoms with E-state index in [9.17, 15) is 4.39 Å². The molecule has 1 atom stereocenters. The normalized spacial score (nSPS) is 12.0. The minimum absolute atomic E-state index is 0. The molecular formula is C10H14BrClFN. The molecule has 0 aliphatic carbocycles. The van der Waals surface area contributed by atoms with Crippen LogP contribution in [-0.4, -0.2) is 6.67 Å². The lowest BCUT2D eigenvalue weighted by Gasteiger charge is -2.13. The second-order valence-electron chi connectivity index (χ2n) is 3.09. The quantitative estimate of drug-likeness (QED) is 0.901. The molecule has 1 aromatic rings. The first-order chi connectivity index (χ1) is 6.15. The van der Waals surface area contributed by atoms with E-state index >= 15 is 0 Å². The molecule has 1 aromatic carbocycles. The molecule has 0 unspecified atom stereocenters. The predicted molar refractivity (Wildman–Crippen MR) is 63.6 cm³/mol. The van der Waals surface area contributed by atoms with E-state index in [1.165, 1.54) is 0 Å². The Morgan fingerprint density at radius 2 is 2.14 bits per heavy atom. The maximum atomic E-state index is 12.1. The van der Waals surface area contributed by atoms with Crippen molar-refractivity contribution in [3.8, 4) is 0 Å². The van der Waals surface area contributed by atoms with Gasteiger partial charge in [-0.15, -0.1) is 12.4 Å². The van der Waals surface area contributed by atoms with Gasteiger partial charge in [0.25, 0.3) is 0 Å². The molecule has 0 heterocycles. The summed E-state index contributed by atoms with van der Waals surface area (Å²) in [4.78, 5) is 0. The molecule has 0 radical (unpaired) electrons. The molecule has 1 nitrogen and oxygen atoms in total. The summed E-state index contributed by atoms with van der Waals surface area (Å²) in [6, 6.07) is 5.70. The van der Waals surface area contributed by atoms with Crippen molar-refractivity contribution in [3.63, 3.8) is 0 Å². The highest BCUT2D eigenvalue weighted by Crippen LogP contribution is 2.22. The first kappa shape index (κ1) is 13.9. The summed E-state index contributed by atoms with van der Waals surface area (Å²) in [6.07, 6.45) is 0.386. The third kappa shape index (κ3) is 3.56. The fraction of sp³-hybridized carbons (Fsp3) is 0.400. The van der Waals surface area contributed by atoms with Crippen molar-refractivity contribution in [2.24, 2.45) is 5.73 Å². The van der Waals surface area contributed by atoms with Crippen molar-refractivity contribution in [1.82, 2.24) is 0 Å². The maximum absolute atomic E-state index is 12.1. The van der Waals surface area contributed by atoms with Crippen molar-refractivity contribution >= 4 is 28.3 Å². The van der Waals surface area contributed by atoms with Crippen LogP contribution in [0.25, 0.3) is 0 Å². The van der Waals surface area contributed by atoms with Gasteiger partial charge in [0.2, 0.25) is 0 Å². The van der Waals surface area contributed by atoms with Crippen molar-refractivity contribution in [3.05, 3.63) is 33.8 Å². The van der Waals surface area contributed by atoms with Crippen LogP contribution in [0.4, 0.5) is 4.39 Å². The molecule has 0 aliphatic heterocycles. The third-order valence-corrected chi connectivity index (χ3v) is 2.55. The van der Waals surface area contributed by atoms with Gasteiger partial charge in [-0.1, -0.05) is 22.0 Å². The molecule has 0 saturated heterocycles. The Balaban J connectivity index is 0.00000169. The van der Waals surface area contributed by atoms with Crippen LogP contribution in [0.2, 0.25) is 0 Å². The van der Waals surface area contributed by atoms with Gasteiger partial charge in [0, 0.05) is 10.5 Å². The predicted octanol–water partition coefficient (Wildman–Crippen LogP) is 3.54. The number of nitrogens with two attached hydrogens (primary N) is 1. The van der Waals surface area contributed by atoms with Crippen molar-refractivity contribution in [1.29, 1.82) is 0 Å². The highest BCUT2D eigenvalue weighted by Gasteiger charge is 2.08. The van der Waals surface area contributed by atoms with Gasteiger partial charge in [-0.05, 0) is 36.6 Å². The molecule has 80 valence electrons. The standard InChI is InChI=1S/C10H13BrFN.ClH/c1-7-2-3-8(11)6-9(7)10(13)4-5-12;/h2-3,6,10H,4-5,13H2,1H3;1H/t10-;/m0./s1. The zero-order chi connectivity index (χ0) is 9.84. The molecular weight excluding hydrogens is 268 g/mol. The van der Waals surface area contributed by atoms with Gasteiger partial charge in [0.1, 0.15) is 0 Å². The number of rotatable bonds is 3. The van der Waals surface area contributed by atoms with Crippen LogP contribution in [0, 0.1) is 6.92 Å². The van der Waals surface area contributed by atoms with E-state index in [0.717, 1.165) is 15.6 Å². The minimum atomic E-state index is -0.368. The number of aryl methyl sites for hydroxylation is 1. The molecule has 1 rings (SSSR count). The number of halogens is 3. The molecule has 0 saturated carbocycles. The second kappa shape index (κ2) is 6.38. The first-order valence-electron chi connectivity index (χ1n) is 4.22. The second-order valence-corrected chi connectivity index (χ2v) is 4.00. The minimum Gasteiger partial charge on any atom is -0.324 e. The molecule has 2 N–H and O–H groups in total. The Morgan fingerprint density at radius 1 is 1.50 bits per heavy atom. The Kier molecular flexibility index (Phi) is 6.33. The number of hydrogen-bond donors (Lipinski definition) is 1. The summed E-state index contributed by atoms with van der Waals surface area (Å²) in [5.41, 5.74) is 7.95. The molecule has 0 amide bonds. The first-order valence-corrected chi connectivity index (χ1v) is 5.02. The maximum Gasteiger partial charge on any atom is 0.0912 e. The van der Waals surface area contributed by atoms with Crippen LogP contribution in [0.5, 0.6) is 0 Å². The summed E-state index contributed by atoms with van der Waals surface area (Å²) < 4.78 is 13.1. The van der Waals surface area contributed by atoms with Crippen LogP contribution in [0.3, 0.4) is 0 Å². The fourth-order valence-corrected chi connectivity index (χ4v) is 1.66. The van der Waals surface area contributed by atoms with E-state index in [2.05, 4.69) is 15.9 Å². The van der Waals surface area contributed by atoms with Crippen molar-refractivity contribution in [2.75, 3.05) is 6.67 Å². The Hall–Kier alpha value is -0.120. The summed E-state index contributed by atoms with van der Waals surface area (Å²) in [7, 11) is 0. The van der Waals surface area contributed by atoms with Crippen LogP contribution < -0.4 is 5.73 Å². The lowest BCUT2D eigenvalue weighted by molar-refractivity contribution is 0.441. The van der Waals surface area contributed by atoms with Gasteiger partial charge < -0.3 is 5.73 Å². The SMILES string of the molecule is Cc1ccc(Br)cc1[C@@H](N)CCF.Cl. The summed E-state index contributed by atoms with van der Waals surface area (Å²) in [5, 5.41) is 0. The third-order valence-electron chi connectivity index (χ3n) is 2.06. The van der Waals surface area contributed by atoms with Gasteiger partial charge in [0.05, 0.1) is 6.67 Å². The Labute approximate surface area is 98.4 Å². The van der Waals surface area contributed by atoms with Crippen molar-refractivity contribution < 1.29 is 4.39 Å². The molecule has 0 aliphatic rings. The average Bonchev–Trinajstić information content (AvgIpc) is 2.09. The Bertz CT molecular complexity index is 293. The van der Waals surface area contributed by atoms with Gasteiger partial charge in [-0.2, -0.15) is 0 Å². The van der Waals surface area contributed by atoms with E-state index in [1.807, 2.05) is 25.1 Å². The van der Waals surface area contributed by atoms with E-state index in [0.29, 0.717) is 6.42 Å². The topological polar surface area (TPSA) is 26.0 Å². The van der Waals surface area contributed by atoms with Gasteiger partial charge in [0.15, 0.2) is 0 Å². The average molecular weight is 283 g/mol. The monoisotopic (exact) mass is 281 g/mol. The number of hydrogen-bond acceptors (Lipinski definition) is 1. The smallest absolute Gasteiger partial charge is 0.0912 e. The van der Waals surface area contributed by atoms with E-state index < -0.39 is 0 Å². The molecule has 0 bridgehead atoms. The van der Waals surface area contributed by atoms with Gasteiger partial charge in [-0.25, -0.2) is 0 Å². The van der Waals surface area contributed by atoms with E-state index in [-0.39, 0.29) is 25.1 Å². The van der Waals surface area contributed by atoms with Gasteiger partial charge >= 0.3 is 0 Å². The summed E-state index contributed by atoms with van der Waals surface area (Å²) >= 11 is 3.37. The van der Waals surface area contributed by atoms with Crippen molar-refractivity contribution in [2.45, 2.75) is 19.4 Å². The summed E-state index contributed by atoms with van der Waals surface area (Å²) in [5.74, 6) is 0. The van der Waals surface area contributed by atoms with Crippen LogP contribution in [0.1, 0.15) is 23.6 Å². The zero-order valence-corrected chi connectivity index (χ0v) is 10.4. The number of alkyl halides is 1. The fourth-order valence-electron chi connectivity index (χ4n) is 1.28. The lowest BCUT2D eigenvalue weighted by atomic mass is 10.0. The van der Waals surface area contributed by atoms with Crippen LogP contribution in [0.15, 0.2) is 22.7 Å². The zero-order valence-electron chi connectivity index (χ0n) is 7.97. The largest absolute Gasteiger partial charge is 0.324 e. The molecule has 0 fully saturated rings. The van der Waals surface area contributed by atoms with E-state index in [1.54, 1.807) is 0 Å². The van der Waals surface area contributed by atoms with Crippen LogP contribution in [-0.2, 0) is 0 Å².